The SMILES string of the molecule is CC1CC2CC(OC=O)C1C2. The Morgan fingerprint density at radius 1 is 1.36 bits per heavy atom. The summed E-state index contributed by atoms with van der Waals surface area (Å²) in [5.41, 5.74) is 0. The van der Waals surface area contributed by atoms with E-state index in [2.05, 4.69) is 6.92 Å². The Morgan fingerprint density at radius 3 is 2.73 bits per heavy atom. The molecule has 2 heteroatoms. The molecule has 0 saturated heterocycles. The zero-order valence-electron chi connectivity index (χ0n) is 6.82. The molecule has 2 nitrogen and oxygen atoms in total. The Kier molecular flexibility index (Phi) is 1.63. The van der Waals surface area contributed by atoms with Crippen LogP contribution >= 0.6 is 0 Å². The average molecular weight is 154 g/mol. The van der Waals surface area contributed by atoms with E-state index in [1.165, 1.54) is 12.8 Å². The zero-order chi connectivity index (χ0) is 7.84. The topological polar surface area (TPSA) is 26.3 Å². The van der Waals surface area contributed by atoms with Crippen LogP contribution in [0.25, 0.3) is 0 Å². The number of hydrogen-bond acceptors (Lipinski definition) is 2. The van der Waals surface area contributed by atoms with Gasteiger partial charge in [0.2, 0.25) is 0 Å². The fourth-order valence-corrected chi connectivity index (χ4v) is 2.86. The second kappa shape index (κ2) is 2.50. The van der Waals surface area contributed by atoms with Crippen molar-refractivity contribution in [1.82, 2.24) is 0 Å². The van der Waals surface area contributed by atoms with Gasteiger partial charge < -0.3 is 4.74 Å². The smallest absolute Gasteiger partial charge is 0.293 e. The largest absolute Gasteiger partial charge is 0.464 e. The monoisotopic (exact) mass is 154 g/mol. The summed E-state index contributed by atoms with van der Waals surface area (Å²) in [4.78, 5) is 10.1. The third-order valence-electron chi connectivity index (χ3n) is 3.32. The maximum Gasteiger partial charge on any atom is 0.293 e. The van der Waals surface area contributed by atoms with Gasteiger partial charge in [0.1, 0.15) is 6.10 Å². The fraction of sp³-hybridized carbons (Fsp3) is 0.889. The Morgan fingerprint density at radius 2 is 2.18 bits per heavy atom. The van der Waals surface area contributed by atoms with Gasteiger partial charge in [-0.1, -0.05) is 6.92 Å². The lowest BCUT2D eigenvalue weighted by Gasteiger charge is -2.24. The van der Waals surface area contributed by atoms with E-state index in [9.17, 15) is 4.79 Å². The molecule has 4 unspecified atom stereocenters. The van der Waals surface area contributed by atoms with E-state index in [-0.39, 0.29) is 6.10 Å². The van der Waals surface area contributed by atoms with E-state index in [0.717, 1.165) is 18.3 Å². The van der Waals surface area contributed by atoms with Crippen molar-refractivity contribution in [2.45, 2.75) is 32.3 Å². The Balaban J connectivity index is 2.00. The summed E-state index contributed by atoms with van der Waals surface area (Å²) in [6.45, 7) is 2.88. The molecule has 0 radical (unpaired) electrons. The minimum Gasteiger partial charge on any atom is -0.464 e. The maximum absolute atomic E-state index is 10.1. The summed E-state index contributed by atoms with van der Waals surface area (Å²) in [7, 11) is 0. The minimum atomic E-state index is 0.251. The minimum absolute atomic E-state index is 0.251. The lowest BCUT2D eigenvalue weighted by atomic mass is 9.88. The van der Waals surface area contributed by atoms with Crippen LogP contribution in [0.3, 0.4) is 0 Å². The highest BCUT2D eigenvalue weighted by Crippen LogP contribution is 2.49. The van der Waals surface area contributed by atoms with Gasteiger partial charge in [-0.05, 0) is 37.0 Å². The fourth-order valence-electron chi connectivity index (χ4n) is 2.86. The van der Waals surface area contributed by atoms with Crippen LogP contribution in [-0.2, 0) is 9.53 Å². The van der Waals surface area contributed by atoms with Gasteiger partial charge in [-0.2, -0.15) is 0 Å². The van der Waals surface area contributed by atoms with E-state index < -0.39 is 0 Å². The number of hydrogen-bond donors (Lipinski definition) is 0. The molecule has 4 atom stereocenters. The van der Waals surface area contributed by atoms with E-state index in [1.54, 1.807) is 0 Å². The van der Waals surface area contributed by atoms with Crippen LogP contribution in [0.2, 0.25) is 0 Å². The number of carbonyl (C=O) groups excluding carboxylic acids is 1. The second-order valence-electron chi connectivity index (χ2n) is 3.99. The molecule has 2 aliphatic rings. The van der Waals surface area contributed by atoms with Gasteiger partial charge in [-0.25, -0.2) is 0 Å². The zero-order valence-corrected chi connectivity index (χ0v) is 6.82. The van der Waals surface area contributed by atoms with Crippen molar-refractivity contribution >= 4 is 6.47 Å². The molecule has 0 N–H and O–H groups in total. The first kappa shape index (κ1) is 7.14. The third kappa shape index (κ3) is 1.05. The van der Waals surface area contributed by atoms with Gasteiger partial charge in [-0.15, -0.1) is 0 Å². The highest BCUT2D eigenvalue weighted by molar-refractivity contribution is 5.37. The summed E-state index contributed by atoms with van der Waals surface area (Å²) in [5, 5.41) is 0. The van der Waals surface area contributed by atoms with Crippen molar-refractivity contribution in [3.8, 4) is 0 Å². The molecule has 0 aromatic carbocycles. The number of fused-ring (bicyclic) bond motifs is 2. The Bertz CT molecular complexity index is 167. The molecule has 0 aromatic heterocycles. The average Bonchev–Trinajstić information content (AvgIpc) is 2.46. The van der Waals surface area contributed by atoms with Crippen molar-refractivity contribution in [1.29, 1.82) is 0 Å². The first-order chi connectivity index (χ1) is 5.31. The van der Waals surface area contributed by atoms with Crippen molar-refractivity contribution < 1.29 is 9.53 Å². The van der Waals surface area contributed by atoms with Gasteiger partial charge >= 0.3 is 0 Å². The van der Waals surface area contributed by atoms with E-state index >= 15 is 0 Å². The van der Waals surface area contributed by atoms with Crippen LogP contribution in [0, 0.1) is 17.8 Å². The Labute approximate surface area is 66.9 Å². The molecule has 11 heavy (non-hydrogen) atoms. The molecule has 0 heterocycles. The van der Waals surface area contributed by atoms with Crippen molar-refractivity contribution in [2.75, 3.05) is 0 Å². The standard InChI is InChI=1S/C9H14O2/c1-6-2-7-3-8(6)9(4-7)11-5-10/h5-9H,2-4H2,1H3. The molecular formula is C9H14O2. The van der Waals surface area contributed by atoms with E-state index in [4.69, 9.17) is 4.74 Å². The first-order valence-electron chi connectivity index (χ1n) is 4.40. The predicted octanol–water partition coefficient (Wildman–Crippen LogP) is 1.59. The molecule has 0 aliphatic heterocycles. The van der Waals surface area contributed by atoms with Gasteiger partial charge in [0.15, 0.2) is 0 Å². The van der Waals surface area contributed by atoms with Gasteiger partial charge in [0.25, 0.3) is 6.47 Å². The summed E-state index contributed by atoms with van der Waals surface area (Å²) >= 11 is 0. The molecule has 62 valence electrons. The highest BCUT2D eigenvalue weighted by Gasteiger charge is 2.45. The lowest BCUT2D eigenvalue weighted by Crippen LogP contribution is -2.25. The van der Waals surface area contributed by atoms with Crippen LogP contribution in [0.4, 0.5) is 0 Å². The van der Waals surface area contributed by atoms with E-state index in [0.29, 0.717) is 12.4 Å². The van der Waals surface area contributed by atoms with Gasteiger partial charge in [0, 0.05) is 0 Å². The summed E-state index contributed by atoms with van der Waals surface area (Å²) in [6.07, 6.45) is 4.01. The van der Waals surface area contributed by atoms with Crippen LogP contribution in [0.15, 0.2) is 0 Å². The highest BCUT2D eigenvalue weighted by atomic mass is 16.5. The van der Waals surface area contributed by atoms with Crippen molar-refractivity contribution in [3.05, 3.63) is 0 Å². The third-order valence-corrected chi connectivity index (χ3v) is 3.32. The summed E-state index contributed by atoms with van der Waals surface area (Å²) in [6, 6.07) is 0. The van der Waals surface area contributed by atoms with Crippen LogP contribution < -0.4 is 0 Å². The van der Waals surface area contributed by atoms with E-state index in [1.807, 2.05) is 0 Å². The second-order valence-corrected chi connectivity index (χ2v) is 3.99. The van der Waals surface area contributed by atoms with Crippen molar-refractivity contribution in [2.24, 2.45) is 17.8 Å². The molecule has 2 fully saturated rings. The number of rotatable bonds is 2. The normalized spacial score (nSPS) is 47.7. The quantitative estimate of drug-likeness (QED) is 0.565. The molecule has 0 amide bonds. The van der Waals surface area contributed by atoms with Crippen LogP contribution in [-0.4, -0.2) is 12.6 Å². The molecular weight excluding hydrogens is 140 g/mol. The van der Waals surface area contributed by atoms with Gasteiger partial charge in [0.05, 0.1) is 0 Å². The van der Waals surface area contributed by atoms with Gasteiger partial charge in [-0.3, -0.25) is 4.79 Å². The van der Waals surface area contributed by atoms with Crippen molar-refractivity contribution in [3.63, 3.8) is 0 Å². The van der Waals surface area contributed by atoms with Crippen LogP contribution in [0.5, 0.6) is 0 Å². The number of carbonyl (C=O) groups is 1. The molecule has 0 spiro atoms. The Hall–Kier alpha value is -0.530. The molecule has 2 bridgehead atoms. The predicted molar refractivity (Wildman–Crippen MR) is 40.9 cm³/mol. The lowest BCUT2D eigenvalue weighted by molar-refractivity contribution is -0.136. The summed E-state index contributed by atoms with van der Waals surface area (Å²) in [5.74, 6) is 2.30. The molecule has 2 saturated carbocycles. The summed E-state index contributed by atoms with van der Waals surface area (Å²) < 4.78 is 5.03. The molecule has 0 aromatic rings. The molecule has 2 aliphatic carbocycles. The molecule has 2 rings (SSSR count). The maximum atomic E-state index is 10.1. The number of ether oxygens (including phenoxy) is 1. The van der Waals surface area contributed by atoms with Crippen LogP contribution in [0.1, 0.15) is 26.2 Å². The first-order valence-corrected chi connectivity index (χ1v) is 4.40.